The van der Waals surface area contributed by atoms with Crippen LogP contribution >= 0.6 is 7.82 Å². The Balaban J connectivity index is 4.23. The van der Waals surface area contributed by atoms with Crippen molar-refractivity contribution in [2.24, 2.45) is 5.73 Å². The number of phosphoric ester groups is 1. The summed E-state index contributed by atoms with van der Waals surface area (Å²) < 4.78 is 32.7. The van der Waals surface area contributed by atoms with Crippen LogP contribution in [0.5, 0.6) is 0 Å². The highest BCUT2D eigenvalue weighted by atomic mass is 31.2. The zero-order chi connectivity index (χ0) is 42.5. The molecule has 0 aromatic rings. The van der Waals surface area contributed by atoms with Crippen molar-refractivity contribution in [3.8, 4) is 0 Å². The Bertz CT molecular complexity index is 1180. The van der Waals surface area contributed by atoms with Gasteiger partial charge in [0.1, 0.15) is 6.61 Å². The van der Waals surface area contributed by atoms with E-state index < -0.39 is 32.5 Å². The summed E-state index contributed by atoms with van der Waals surface area (Å²) in [7, 11) is -4.40. The van der Waals surface area contributed by atoms with Crippen molar-refractivity contribution in [2.75, 3.05) is 26.4 Å². The van der Waals surface area contributed by atoms with Gasteiger partial charge in [-0.05, 0) is 51.4 Å². The molecule has 10 heteroatoms. The van der Waals surface area contributed by atoms with Gasteiger partial charge in [-0.25, -0.2) is 4.57 Å². The van der Waals surface area contributed by atoms with Gasteiger partial charge in [0.05, 0.1) is 13.2 Å². The molecular weight excluding hydrogens is 750 g/mol. The second kappa shape index (κ2) is 44.0. The van der Waals surface area contributed by atoms with Gasteiger partial charge in [0.25, 0.3) is 0 Å². The lowest BCUT2D eigenvalue weighted by Gasteiger charge is -2.19. The van der Waals surface area contributed by atoms with Crippen molar-refractivity contribution in [1.82, 2.24) is 0 Å². The van der Waals surface area contributed by atoms with Gasteiger partial charge in [-0.15, -0.1) is 0 Å². The minimum Gasteiger partial charge on any atom is -0.462 e. The molecule has 0 rings (SSSR count). The molecule has 0 bridgehead atoms. The van der Waals surface area contributed by atoms with E-state index in [1.54, 1.807) is 0 Å². The number of allylic oxidation sites excluding steroid dienone is 12. The molecule has 58 heavy (non-hydrogen) atoms. The number of ether oxygens (including phenoxy) is 2. The minimum atomic E-state index is -4.40. The molecule has 0 heterocycles. The van der Waals surface area contributed by atoms with Gasteiger partial charge >= 0.3 is 19.8 Å². The molecule has 0 saturated heterocycles. The van der Waals surface area contributed by atoms with Crippen LogP contribution in [0.1, 0.15) is 187 Å². The number of carbonyl (C=O) groups excluding carboxylic acids is 2. The van der Waals surface area contributed by atoms with E-state index in [9.17, 15) is 19.0 Å². The minimum absolute atomic E-state index is 0.0397. The van der Waals surface area contributed by atoms with Gasteiger partial charge in [-0.1, -0.05) is 196 Å². The molecular formula is C48H84NO8P. The Labute approximate surface area is 354 Å². The maximum Gasteiger partial charge on any atom is 0.472 e. The molecule has 3 N–H and O–H groups in total. The zero-order valence-corrected chi connectivity index (χ0v) is 37.6. The molecule has 0 saturated carbocycles. The van der Waals surface area contributed by atoms with Crippen LogP contribution in [-0.2, 0) is 32.7 Å². The third-order valence-electron chi connectivity index (χ3n) is 9.37. The van der Waals surface area contributed by atoms with Gasteiger partial charge in [-0.2, -0.15) is 0 Å². The second-order valence-electron chi connectivity index (χ2n) is 14.9. The Morgan fingerprint density at radius 2 is 0.948 bits per heavy atom. The summed E-state index contributed by atoms with van der Waals surface area (Å²) in [6.07, 6.45) is 53.8. The maximum atomic E-state index is 12.6. The SMILES string of the molecule is CC/C=C/C/C=C/C/C=C/C/C=C/C/C=C/C/C=C/CCC(=O)O[C@H](COC(=O)CCCCCCCCCCCCCCCCCCCC)COP(=O)(O)OCCN. The fourth-order valence-electron chi connectivity index (χ4n) is 6.01. The van der Waals surface area contributed by atoms with Crippen molar-refractivity contribution in [3.05, 3.63) is 72.9 Å². The van der Waals surface area contributed by atoms with E-state index in [0.29, 0.717) is 6.42 Å². The molecule has 0 aliphatic carbocycles. The molecule has 0 aromatic carbocycles. The van der Waals surface area contributed by atoms with Crippen molar-refractivity contribution < 1.29 is 37.6 Å². The average Bonchev–Trinajstić information content (AvgIpc) is 3.21. The van der Waals surface area contributed by atoms with Crippen LogP contribution in [0.25, 0.3) is 0 Å². The van der Waals surface area contributed by atoms with Crippen LogP contribution in [0.2, 0.25) is 0 Å². The number of nitrogens with two attached hydrogens (primary N) is 1. The van der Waals surface area contributed by atoms with Crippen molar-refractivity contribution in [3.63, 3.8) is 0 Å². The number of hydrogen-bond donors (Lipinski definition) is 2. The highest BCUT2D eigenvalue weighted by Gasteiger charge is 2.25. The highest BCUT2D eigenvalue weighted by molar-refractivity contribution is 7.47. The van der Waals surface area contributed by atoms with E-state index in [0.717, 1.165) is 57.8 Å². The molecule has 0 aliphatic rings. The van der Waals surface area contributed by atoms with Crippen LogP contribution in [0.3, 0.4) is 0 Å². The number of esters is 2. The first kappa shape index (κ1) is 55.5. The Hall–Kier alpha value is -2.55. The van der Waals surface area contributed by atoms with Crippen LogP contribution in [-0.4, -0.2) is 49.3 Å². The van der Waals surface area contributed by atoms with Gasteiger partial charge < -0.3 is 20.1 Å². The van der Waals surface area contributed by atoms with Gasteiger partial charge in [-0.3, -0.25) is 18.6 Å². The topological polar surface area (TPSA) is 134 Å². The van der Waals surface area contributed by atoms with E-state index >= 15 is 0 Å². The van der Waals surface area contributed by atoms with E-state index in [4.69, 9.17) is 24.3 Å². The lowest BCUT2D eigenvalue weighted by Crippen LogP contribution is -2.29. The molecule has 0 amide bonds. The summed E-state index contributed by atoms with van der Waals surface area (Å²) in [6.45, 7) is 3.54. The standard InChI is InChI=1S/C48H84NO8P/c1-3-5-7-9-11-13-15-17-19-21-23-25-27-29-31-33-35-37-39-41-48(51)57-46(45-56-58(52,53)55-43-42-49)44-54-47(50)40-38-36-34-32-30-28-26-24-22-20-18-16-14-12-10-8-6-4-2/h5,7,11,13,17,19,23,25,29,31,35,37,46H,3-4,6,8-10,12,14-16,18,20-22,24,26-28,30,32-34,36,38-45,49H2,1-2H3,(H,52,53)/b7-5+,13-11+,19-17+,25-23+,31-29+,37-35+/t46-/m1/s1. The fraction of sp³-hybridized carbons (Fsp3) is 0.708. The lowest BCUT2D eigenvalue weighted by molar-refractivity contribution is -0.161. The van der Waals surface area contributed by atoms with E-state index in [-0.39, 0.29) is 32.6 Å². The van der Waals surface area contributed by atoms with Crippen LogP contribution in [0.15, 0.2) is 72.9 Å². The molecule has 0 aromatic heterocycles. The smallest absolute Gasteiger partial charge is 0.462 e. The molecule has 2 atom stereocenters. The average molecular weight is 834 g/mol. The molecule has 334 valence electrons. The summed E-state index contributed by atoms with van der Waals surface area (Å²) in [5, 5.41) is 0. The second-order valence-corrected chi connectivity index (χ2v) is 16.3. The molecule has 1 unspecified atom stereocenters. The van der Waals surface area contributed by atoms with Gasteiger partial charge in [0, 0.05) is 19.4 Å². The molecule has 0 fully saturated rings. The van der Waals surface area contributed by atoms with Crippen LogP contribution < -0.4 is 5.73 Å². The lowest BCUT2D eigenvalue weighted by atomic mass is 10.0. The molecule has 9 nitrogen and oxygen atoms in total. The largest absolute Gasteiger partial charge is 0.472 e. The van der Waals surface area contributed by atoms with E-state index in [2.05, 4.69) is 74.6 Å². The van der Waals surface area contributed by atoms with Crippen LogP contribution in [0, 0.1) is 0 Å². The highest BCUT2D eigenvalue weighted by Crippen LogP contribution is 2.43. The predicted molar refractivity (Wildman–Crippen MR) is 242 cm³/mol. The number of carbonyl (C=O) groups is 2. The molecule has 0 aliphatic heterocycles. The first-order chi connectivity index (χ1) is 28.3. The van der Waals surface area contributed by atoms with Crippen molar-refractivity contribution in [1.29, 1.82) is 0 Å². The number of phosphoric acid groups is 1. The zero-order valence-electron chi connectivity index (χ0n) is 36.8. The number of unbranched alkanes of at least 4 members (excludes halogenated alkanes) is 17. The van der Waals surface area contributed by atoms with E-state index in [1.165, 1.54) is 96.3 Å². The van der Waals surface area contributed by atoms with Crippen LogP contribution in [0.4, 0.5) is 0 Å². The van der Waals surface area contributed by atoms with Crippen molar-refractivity contribution >= 4 is 19.8 Å². The molecule has 0 spiro atoms. The van der Waals surface area contributed by atoms with Crippen molar-refractivity contribution in [2.45, 2.75) is 193 Å². The summed E-state index contributed by atoms with van der Waals surface area (Å²) in [5.41, 5.74) is 5.35. The third-order valence-corrected chi connectivity index (χ3v) is 10.4. The summed E-state index contributed by atoms with van der Waals surface area (Å²) in [4.78, 5) is 34.9. The Kier molecular flexibility index (Phi) is 42.1. The summed E-state index contributed by atoms with van der Waals surface area (Å²) >= 11 is 0. The first-order valence-corrected chi connectivity index (χ1v) is 24.4. The van der Waals surface area contributed by atoms with E-state index in [1.807, 2.05) is 12.2 Å². The predicted octanol–water partition coefficient (Wildman–Crippen LogP) is 13.4. The summed E-state index contributed by atoms with van der Waals surface area (Å²) in [5.74, 6) is -0.926. The first-order valence-electron chi connectivity index (χ1n) is 22.9. The Morgan fingerprint density at radius 1 is 0.534 bits per heavy atom. The fourth-order valence-corrected chi connectivity index (χ4v) is 6.78. The van der Waals surface area contributed by atoms with Gasteiger partial charge in [0.15, 0.2) is 6.10 Å². The summed E-state index contributed by atoms with van der Waals surface area (Å²) in [6, 6.07) is 0. The molecule has 0 radical (unpaired) electrons. The number of rotatable bonds is 42. The third kappa shape index (κ3) is 43.0. The maximum absolute atomic E-state index is 12.6. The van der Waals surface area contributed by atoms with Gasteiger partial charge in [0.2, 0.25) is 0 Å². The monoisotopic (exact) mass is 834 g/mol. The normalized spacial score (nSPS) is 13.9. The quantitative estimate of drug-likeness (QED) is 0.0267. The Morgan fingerprint density at radius 3 is 1.38 bits per heavy atom. The number of hydrogen-bond acceptors (Lipinski definition) is 8.